The van der Waals surface area contributed by atoms with Gasteiger partial charge in [-0.1, -0.05) is 19.1 Å². The molecule has 0 heterocycles. The number of anilines is 1. The predicted molar refractivity (Wildman–Crippen MR) is 172 cm³/mol. The second-order valence-electron chi connectivity index (χ2n) is 10.8. The van der Waals surface area contributed by atoms with Crippen molar-refractivity contribution in [2.75, 3.05) is 17.7 Å². The molecule has 0 radical (unpaired) electrons. The zero-order valence-corrected chi connectivity index (χ0v) is 28.3. The van der Waals surface area contributed by atoms with Gasteiger partial charge in [-0.2, -0.15) is 13.2 Å². The Morgan fingerprint density at radius 1 is 0.939 bits per heavy atom. The number of carbonyl (C=O) groups excluding carboxylic acids is 3. The average Bonchev–Trinajstić information content (AvgIpc) is 3.03. The lowest BCUT2D eigenvalue weighted by molar-refractivity contribution is -0.241. The van der Waals surface area contributed by atoms with Crippen molar-refractivity contribution in [3.8, 4) is 17.2 Å². The SMILES string of the molecule is CCOc1cc(C(OC(=O)C(F)(F)F)(Oc2ccc(CN)cc2)C(=O)NCc2cc(NC(C)=O)ccc2S(=O)(=O)CC)ccc1OC(C)C. The average molecular weight is 710 g/mol. The summed E-state index contributed by atoms with van der Waals surface area (Å²) in [6, 6.07) is 13.1. The van der Waals surface area contributed by atoms with Gasteiger partial charge in [-0.05, 0) is 80.4 Å². The molecule has 1 unspecified atom stereocenters. The highest BCUT2D eigenvalue weighted by Gasteiger charge is 2.54. The van der Waals surface area contributed by atoms with Crippen molar-refractivity contribution >= 4 is 33.3 Å². The Morgan fingerprint density at radius 3 is 2.16 bits per heavy atom. The molecule has 16 heteroatoms. The van der Waals surface area contributed by atoms with Gasteiger partial charge in [0.25, 0.3) is 0 Å². The van der Waals surface area contributed by atoms with E-state index in [-0.39, 0.29) is 58.4 Å². The number of rotatable bonds is 15. The van der Waals surface area contributed by atoms with Crippen LogP contribution in [0.4, 0.5) is 18.9 Å². The van der Waals surface area contributed by atoms with Crippen LogP contribution in [-0.2, 0) is 47.8 Å². The van der Waals surface area contributed by atoms with Gasteiger partial charge >= 0.3 is 23.8 Å². The van der Waals surface area contributed by atoms with Crippen LogP contribution >= 0.6 is 0 Å². The maximum absolute atomic E-state index is 14.3. The molecule has 4 N–H and O–H groups in total. The smallest absolute Gasteiger partial charge is 0.490 e. The molecule has 0 aliphatic carbocycles. The first-order chi connectivity index (χ1) is 22.9. The number of halogens is 3. The first-order valence-corrected chi connectivity index (χ1v) is 16.7. The molecular weight excluding hydrogens is 671 g/mol. The highest BCUT2D eigenvalue weighted by molar-refractivity contribution is 7.91. The van der Waals surface area contributed by atoms with Gasteiger partial charge in [-0.25, -0.2) is 13.2 Å². The standard InChI is InChI=1S/C33H38F3N3O9S/c1-6-45-28-17-24(10-14-27(28)46-20(3)4)32(48-31(42)33(34,35)36,47-26-12-8-22(18-37)9-13-26)30(41)38-19-23-16-25(39-21(5)40)11-15-29(23)49(43,44)7-2/h8-17,20H,6-7,18-19,37H2,1-5H3,(H,38,41)(H,39,40). The highest BCUT2D eigenvalue weighted by Crippen LogP contribution is 2.39. The number of benzene rings is 3. The Bertz CT molecular complexity index is 1770. The van der Waals surface area contributed by atoms with E-state index in [0.29, 0.717) is 5.56 Å². The molecule has 0 saturated carbocycles. The fraction of sp³-hybridized carbons (Fsp3) is 0.364. The summed E-state index contributed by atoms with van der Waals surface area (Å²) in [5.41, 5.74) is 6.03. The van der Waals surface area contributed by atoms with Crippen molar-refractivity contribution < 1.29 is 54.9 Å². The number of carbonyl (C=O) groups is 3. The molecule has 266 valence electrons. The van der Waals surface area contributed by atoms with E-state index in [1.54, 1.807) is 20.8 Å². The van der Waals surface area contributed by atoms with Crippen molar-refractivity contribution in [2.24, 2.45) is 5.73 Å². The quantitative estimate of drug-likeness (QED) is 0.148. The van der Waals surface area contributed by atoms with Gasteiger partial charge in [-0.15, -0.1) is 0 Å². The Labute approximate surface area is 282 Å². The summed E-state index contributed by atoms with van der Waals surface area (Å²) in [5, 5.41) is 4.88. The lowest BCUT2D eigenvalue weighted by Crippen LogP contribution is -2.53. The molecular formula is C33H38F3N3O9S. The third-order valence-electron chi connectivity index (χ3n) is 6.71. The molecule has 2 amide bonds. The molecule has 0 aromatic heterocycles. The number of hydrogen-bond donors (Lipinski definition) is 3. The first-order valence-electron chi connectivity index (χ1n) is 15.1. The summed E-state index contributed by atoms with van der Waals surface area (Å²) in [4.78, 5) is 38.3. The topological polar surface area (TPSA) is 172 Å². The van der Waals surface area contributed by atoms with Crippen molar-refractivity contribution in [2.45, 2.75) is 70.7 Å². The van der Waals surface area contributed by atoms with Crippen molar-refractivity contribution in [1.29, 1.82) is 0 Å². The van der Waals surface area contributed by atoms with E-state index in [1.807, 2.05) is 0 Å². The minimum Gasteiger partial charge on any atom is -0.490 e. The van der Waals surface area contributed by atoms with Gasteiger partial charge in [0.2, 0.25) is 5.91 Å². The number of ether oxygens (including phenoxy) is 4. The lowest BCUT2D eigenvalue weighted by atomic mass is 10.0. The Balaban J connectivity index is 2.26. The zero-order valence-electron chi connectivity index (χ0n) is 27.5. The third kappa shape index (κ3) is 9.85. The molecule has 0 aliphatic heterocycles. The van der Waals surface area contributed by atoms with E-state index < -0.39 is 51.7 Å². The van der Waals surface area contributed by atoms with Crippen LogP contribution in [0.5, 0.6) is 17.2 Å². The fourth-order valence-corrected chi connectivity index (χ4v) is 5.61. The Kier molecular flexibility index (Phi) is 12.6. The number of hydrogen-bond acceptors (Lipinski definition) is 10. The summed E-state index contributed by atoms with van der Waals surface area (Å²) in [5.74, 6) is -8.16. The number of esters is 1. The summed E-state index contributed by atoms with van der Waals surface area (Å²) in [7, 11) is -3.90. The van der Waals surface area contributed by atoms with E-state index in [4.69, 9.17) is 24.7 Å². The Hall–Kier alpha value is -4.83. The second kappa shape index (κ2) is 16.0. The van der Waals surface area contributed by atoms with Crippen molar-refractivity contribution in [3.05, 3.63) is 77.4 Å². The molecule has 3 aromatic rings. The largest absolute Gasteiger partial charge is 0.491 e. The molecule has 12 nitrogen and oxygen atoms in total. The normalized spacial score (nSPS) is 12.9. The minimum atomic E-state index is -5.57. The van der Waals surface area contributed by atoms with Crippen molar-refractivity contribution in [3.63, 3.8) is 0 Å². The number of nitrogens with two attached hydrogens (primary N) is 1. The maximum Gasteiger partial charge on any atom is 0.491 e. The predicted octanol–water partition coefficient (Wildman–Crippen LogP) is 4.74. The van der Waals surface area contributed by atoms with E-state index >= 15 is 0 Å². The lowest BCUT2D eigenvalue weighted by Gasteiger charge is -2.33. The third-order valence-corrected chi connectivity index (χ3v) is 8.54. The number of nitrogens with one attached hydrogen (secondary N) is 2. The zero-order chi connectivity index (χ0) is 36.6. The number of alkyl halides is 3. The number of amides is 2. The summed E-state index contributed by atoms with van der Waals surface area (Å²) < 4.78 is 89.5. The van der Waals surface area contributed by atoms with E-state index in [1.165, 1.54) is 68.4 Å². The van der Waals surface area contributed by atoms with Crippen molar-refractivity contribution in [1.82, 2.24) is 5.32 Å². The van der Waals surface area contributed by atoms with Gasteiger partial charge in [0.15, 0.2) is 21.3 Å². The van der Waals surface area contributed by atoms with Gasteiger partial charge in [0.05, 0.1) is 28.9 Å². The first kappa shape index (κ1) is 38.6. The van der Waals surface area contributed by atoms with Crippen LogP contribution < -0.4 is 30.6 Å². The highest BCUT2D eigenvalue weighted by atomic mass is 32.2. The van der Waals surface area contributed by atoms with Crippen LogP contribution in [0.25, 0.3) is 0 Å². The van der Waals surface area contributed by atoms with Crippen LogP contribution in [0.3, 0.4) is 0 Å². The molecule has 3 rings (SSSR count). The molecule has 0 spiro atoms. The molecule has 0 saturated heterocycles. The maximum atomic E-state index is 14.3. The molecule has 49 heavy (non-hydrogen) atoms. The summed E-state index contributed by atoms with van der Waals surface area (Å²) >= 11 is 0. The molecule has 0 aliphatic rings. The molecule has 1 atom stereocenters. The van der Waals surface area contributed by atoms with Gasteiger partial charge in [0, 0.05) is 25.7 Å². The fourth-order valence-electron chi connectivity index (χ4n) is 4.49. The van der Waals surface area contributed by atoms with Crippen LogP contribution in [0.15, 0.2) is 65.6 Å². The van der Waals surface area contributed by atoms with E-state index in [9.17, 15) is 36.0 Å². The van der Waals surface area contributed by atoms with E-state index in [0.717, 1.165) is 6.07 Å². The second-order valence-corrected chi connectivity index (χ2v) is 13.1. The van der Waals surface area contributed by atoms with Crippen LogP contribution in [0.2, 0.25) is 0 Å². The van der Waals surface area contributed by atoms with Crippen LogP contribution in [0, 0.1) is 0 Å². The summed E-state index contributed by atoms with van der Waals surface area (Å²) in [6.07, 6.45) is -5.92. The monoisotopic (exact) mass is 709 g/mol. The minimum absolute atomic E-state index is 0.00431. The van der Waals surface area contributed by atoms with Gasteiger partial charge in [-0.3, -0.25) is 9.59 Å². The van der Waals surface area contributed by atoms with E-state index in [2.05, 4.69) is 10.6 Å². The Morgan fingerprint density at radius 2 is 1.61 bits per heavy atom. The van der Waals surface area contributed by atoms with Crippen LogP contribution in [-0.4, -0.2) is 50.8 Å². The van der Waals surface area contributed by atoms with Gasteiger partial charge < -0.3 is 35.3 Å². The number of sulfone groups is 1. The molecule has 3 aromatic carbocycles. The van der Waals surface area contributed by atoms with Crippen LogP contribution in [0.1, 0.15) is 51.3 Å². The van der Waals surface area contributed by atoms with Gasteiger partial charge in [0.1, 0.15) is 5.75 Å². The summed E-state index contributed by atoms with van der Waals surface area (Å²) in [6.45, 7) is 7.31. The molecule has 0 fully saturated rings. The molecule has 0 bridgehead atoms.